The van der Waals surface area contributed by atoms with Gasteiger partial charge in [0.25, 0.3) is 0 Å². The first-order valence-corrected chi connectivity index (χ1v) is 5.33. The average Bonchev–Trinajstić information content (AvgIpc) is 2.37. The Morgan fingerprint density at radius 2 is 2.15 bits per heavy atom. The van der Waals surface area contributed by atoms with Gasteiger partial charge in [0.15, 0.2) is 0 Å². The van der Waals surface area contributed by atoms with Crippen LogP contribution in [0.2, 0.25) is 0 Å². The number of anilines is 2. The number of nitrogen functional groups attached to an aromatic ring is 1. The molecule has 1 aromatic heterocycles. The van der Waals surface area contributed by atoms with Gasteiger partial charge in [0.05, 0.1) is 0 Å². The molecule has 0 saturated heterocycles. The van der Waals surface area contributed by atoms with Gasteiger partial charge < -0.3 is 10.6 Å². The van der Waals surface area contributed by atoms with Crippen LogP contribution in [-0.4, -0.2) is 17.0 Å². The first-order valence-electron chi connectivity index (χ1n) is 4.56. The zero-order valence-corrected chi connectivity index (χ0v) is 9.48. The molecule has 2 N–H and O–H groups in total. The topological polar surface area (TPSA) is 42.2 Å². The molecule has 0 atom stereocenters. The minimum atomic E-state index is 0.503. The van der Waals surface area contributed by atoms with Crippen molar-refractivity contribution in [3.05, 3.63) is 5.56 Å². The fraction of sp³-hybridized carbons (Fsp3) is 0.667. The van der Waals surface area contributed by atoms with Crippen molar-refractivity contribution in [1.29, 1.82) is 0 Å². The van der Waals surface area contributed by atoms with Gasteiger partial charge in [-0.2, -0.15) is 4.37 Å². The number of rotatable bonds is 3. The lowest BCUT2D eigenvalue weighted by Crippen LogP contribution is -2.30. The van der Waals surface area contributed by atoms with E-state index < -0.39 is 0 Å². The van der Waals surface area contributed by atoms with E-state index in [0.29, 0.717) is 11.9 Å². The maximum atomic E-state index is 5.71. The number of nitrogens with zero attached hydrogens (tertiary/aromatic N) is 2. The van der Waals surface area contributed by atoms with Gasteiger partial charge in [-0.25, -0.2) is 0 Å². The number of hydrogen-bond donors (Lipinski definition) is 1. The predicted octanol–water partition coefficient (Wildman–Crippen LogP) is 2.27. The molecular weight excluding hydrogens is 182 g/mol. The second-order valence-corrected chi connectivity index (χ2v) is 4.13. The molecule has 1 aromatic rings. The molecule has 0 aliphatic rings. The molecule has 0 aromatic carbocycles. The monoisotopic (exact) mass is 199 g/mol. The molecule has 0 unspecified atom stereocenters. The summed E-state index contributed by atoms with van der Waals surface area (Å²) in [7, 11) is 0. The standard InChI is InChI=1S/C9H17N3S/c1-5-12(6(2)3)9-7(4)8(10)11-13-9/h6H,5H2,1-4H3,(H2,10,11). The van der Waals surface area contributed by atoms with E-state index in [1.807, 2.05) is 6.92 Å². The summed E-state index contributed by atoms with van der Waals surface area (Å²) >= 11 is 1.49. The van der Waals surface area contributed by atoms with E-state index in [-0.39, 0.29) is 0 Å². The van der Waals surface area contributed by atoms with Crippen LogP contribution in [0.4, 0.5) is 10.8 Å². The maximum absolute atomic E-state index is 5.71. The number of aromatic nitrogens is 1. The Kier molecular flexibility index (Phi) is 3.14. The third-order valence-electron chi connectivity index (χ3n) is 2.16. The van der Waals surface area contributed by atoms with E-state index in [4.69, 9.17) is 5.73 Å². The minimum absolute atomic E-state index is 0.503. The van der Waals surface area contributed by atoms with Crippen LogP contribution in [0.3, 0.4) is 0 Å². The Labute approximate surface area is 83.7 Å². The fourth-order valence-corrected chi connectivity index (χ4v) is 2.36. The third kappa shape index (κ3) is 1.94. The molecule has 1 rings (SSSR count). The number of hydrogen-bond acceptors (Lipinski definition) is 4. The Morgan fingerprint density at radius 1 is 1.54 bits per heavy atom. The van der Waals surface area contributed by atoms with Gasteiger partial charge in [-0.05, 0) is 39.2 Å². The average molecular weight is 199 g/mol. The van der Waals surface area contributed by atoms with Crippen molar-refractivity contribution in [2.45, 2.75) is 33.7 Å². The summed E-state index contributed by atoms with van der Waals surface area (Å²) in [6.45, 7) is 9.53. The van der Waals surface area contributed by atoms with Crippen LogP contribution >= 0.6 is 11.5 Å². The van der Waals surface area contributed by atoms with E-state index in [1.165, 1.54) is 16.5 Å². The molecule has 0 aliphatic carbocycles. The van der Waals surface area contributed by atoms with Crippen molar-refractivity contribution < 1.29 is 0 Å². The van der Waals surface area contributed by atoms with E-state index >= 15 is 0 Å². The summed E-state index contributed by atoms with van der Waals surface area (Å²) in [6.07, 6.45) is 0. The Morgan fingerprint density at radius 3 is 2.46 bits per heavy atom. The number of nitrogens with two attached hydrogens (primary N) is 1. The van der Waals surface area contributed by atoms with Crippen LogP contribution in [0, 0.1) is 6.92 Å². The van der Waals surface area contributed by atoms with Crippen molar-refractivity contribution in [2.24, 2.45) is 0 Å². The first-order chi connectivity index (χ1) is 6.07. The van der Waals surface area contributed by atoms with Crippen LogP contribution in [-0.2, 0) is 0 Å². The summed E-state index contributed by atoms with van der Waals surface area (Å²) in [6, 6.07) is 0.503. The summed E-state index contributed by atoms with van der Waals surface area (Å²) < 4.78 is 4.15. The zero-order valence-electron chi connectivity index (χ0n) is 8.66. The molecule has 74 valence electrons. The SMILES string of the molecule is CCN(c1snc(N)c1C)C(C)C. The van der Waals surface area contributed by atoms with E-state index in [9.17, 15) is 0 Å². The molecular formula is C9H17N3S. The van der Waals surface area contributed by atoms with Gasteiger partial charge in [0.2, 0.25) is 0 Å². The Balaban J connectivity index is 2.98. The smallest absolute Gasteiger partial charge is 0.142 e. The second kappa shape index (κ2) is 3.96. The summed E-state index contributed by atoms with van der Waals surface area (Å²) in [5.41, 5.74) is 6.82. The molecule has 1 heterocycles. The lowest BCUT2D eigenvalue weighted by Gasteiger charge is -2.25. The third-order valence-corrected chi connectivity index (χ3v) is 3.16. The van der Waals surface area contributed by atoms with Gasteiger partial charge in [0, 0.05) is 18.2 Å². The van der Waals surface area contributed by atoms with Crippen LogP contribution in [0.15, 0.2) is 0 Å². The van der Waals surface area contributed by atoms with E-state index in [0.717, 1.165) is 12.1 Å². The molecule has 4 heteroatoms. The van der Waals surface area contributed by atoms with Crippen molar-refractivity contribution in [3.8, 4) is 0 Å². The minimum Gasteiger partial charge on any atom is -0.383 e. The van der Waals surface area contributed by atoms with Gasteiger partial charge >= 0.3 is 0 Å². The first kappa shape index (κ1) is 10.3. The molecule has 0 fully saturated rings. The molecule has 0 spiro atoms. The van der Waals surface area contributed by atoms with Crippen molar-refractivity contribution in [3.63, 3.8) is 0 Å². The molecule has 3 nitrogen and oxygen atoms in total. The molecule has 0 aliphatic heterocycles. The van der Waals surface area contributed by atoms with Gasteiger partial charge in [0.1, 0.15) is 10.8 Å². The van der Waals surface area contributed by atoms with E-state index in [1.54, 1.807) is 0 Å². The largest absolute Gasteiger partial charge is 0.383 e. The highest BCUT2D eigenvalue weighted by Crippen LogP contribution is 2.30. The lowest BCUT2D eigenvalue weighted by molar-refractivity contribution is 0.708. The molecule has 13 heavy (non-hydrogen) atoms. The highest BCUT2D eigenvalue weighted by Gasteiger charge is 2.15. The molecule has 0 bridgehead atoms. The highest BCUT2D eigenvalue weighted by atomic mass is 32.1. The van der Waals surface area contributed by atoms with Gasteiger partial charge in [-0.15, -0.1) is 0 Å². The second-order valence-electron chi connectivity index (χ2n) is 3.38. The normalized spacial score (nSPS) is 10.8. The molecule has 0 saturated carbocycles. The summed E-state index contributed by atoms with van der Waals surface area (Å²) in [5, 5.41) is 1.20. The zero-order chi connectivity index (χ0) is 10.0. The van der Waals surface area contributed by atoms with Crippen LogP contribution in [0.25, 0.3) is 0 Å². The maximum Gasteiger partial charge on any atom is 0.142 e. The fourth-order valence-electron chi connectivity index (χ4n) is 1.35. The highest BCUT2D eigenvalue weighted by molar-refractivity contribution is 7.10. The molecule has 0 radical (unpaired) electrons. The van der Waals surface area contributed by atoms with Crippen LogP contribution in [0.1, 0.15) is 26.3 Å². The van der Waals surface area contributed by atoms with Crippen LogP contribution < -0.4 is 10.6 Å². The quantitative estimate of drug-likeness (QED) is 0.812. The summed E-state index contributed by atoms with van der Waals surface area (Å²) in [4.78, 5) is 2.31. The van der Waals surface area contributed by atoms with Gasteiger partial charge in [-0.1, -0.05) is 0 Å². The van der Waals surface area contributed by atoms with Crippen molar-refractivity contribution >= 4 is 22.4 Å². The van der Waals surface area contributed by atoms with E-state index in [2.05, 4.69) is 30.0 Å². The van der Waals surface area contributed by atoms with Crippen LogP contribution in [0.5, 0.6) is 0 Å². The Hall–Kier alpha value is -0.770. The Bertz CT molecular complexity index is 280. The van der Waals surface area contributed by atoms with Crippen molar-refractivity contribution in [2.75, 3.05) is 17.2 Å². The summed E-state index contributed by atoms with van der Waals surface area (Å²) in [5.74, 6) is 0.666. The predicted molar refractivity (Wildman–Crippen MR) is 59.4 cm³/mol. The van der Waals surface area contributed by atoms with Crippen molar-refractivity contribution in [1.82, 2.24) is 4.37 Å². The van der Waals surface area contributed by atoms with Gasteiger partial charge in [-0.3, -0.25) is 0 Å². The molecule has 0 amide bonds. The lowest BCUT2D eigenvalue weighted by atomic mass is 10.3.